The maximum Gasteiger partial charge on any atom is 0.253 e. The molecule has 2 heterocycles. The van der Waals surface area contributed by atoms with Gasteiger partial charge in [0.15, 0.2) is 0 Å². The Morgan fingerprint density at radius 3 is 2.05 bits per heavy atom. The fourth-order valence-electron chi connectivity index (χ4n) is 5.04. The summed E-state index contributed by atoms with van der Waals surface area (Å²) in [5.74, 6) is -0.253. The lowest BCUT2D eigenvalue weighted by Crippen LogP contribution is -2.49. The summed E-state index contributed by atoms with van der Waals surface area (Å²) < 4.78 is 41.6. The molecule has 0 bridgehead atoms. The summed E-state index contributed by atoms with van der Waals surface area (Å²) >= 11 is 0. The molecule has 200 valence electrons. The van der Waals surface area contributed by atoms with E-state index < -0.39 is 10.0 Å². The van der Waals surface area contributed by atoms with Crippen LogP contribution in [0.15, 0.2) is 77.7 Å². The summed E-state index contributed by atoms with van der Waals surface area (Å²) in [5, 5.41) is 0. The molecule has 0 saturated carbocycles. The normalized spacial score (nSPS) is 17.5. The largest absolute Gasteiger partial charge is 0.366 e. The van der Waals surface area contributed by atoms with Crippen molar-refractivity contribution in [2.75, 3.05) is 57.3 Å². The first kappa shape index (κ1) is 26.3. The van der Waals surface area contributed by atoms with Gasteiger partial charge in [-0.25, -0.2) is 12.8 Å². The van der Waals surface area contributed by atoms with Gasteiger partial charge in [-0.1, -0.05) is 42.0 Å². The van der Waals surface area contributed by atoms with Crippen molar-refractivity contribution >= 4 is 21.6 Å². The molecule has 2 saturated heterocycles. The molecule has 38 heavy (non-hydrogen) atoms. The molecule has 2 aliphatic rings. The van der Waals surface area contributed by atoms with Crippen LogP contribution >= 0.6 is 0 Å². The molecule has 0 atom stereocenters. The maximum absolute atomic E-state index is 14.1. The molecule has 1 amide bonds. The van der Waals surface area contributed by atoms with Crippen LogP contribution in [0.25, 0.3) is 0 Å². The van der Waals surface area contributed by atoms with E-state index in [1.807, 2.05) is 59.2 Å². The number of aryl methyl sites for hydroxylation is 1. The molecule has 0 spiro atoms. The summed E-state index contributed by atoms with van der Waals surface area (Å²) in [6.45, 7) is 7.12. The standard InChI is InChI=1S/C29H33FN4O3S/c1-23-6-12-26(13-7-23)38(36,37)34-20-14-31(15-21-34)22-24-8-10-25(11-9-24)29(35)33-18-16-32(17-19-33)28-5-3-2-4-27(28)30/h2-13H,14-22H2,1H3. The molecular formula is C29H33FN4O3S. The second-order valence-electron chi connectivity index (χ2n) is 9.92. The average Bonchev–Trinajstić information content (AvgIpc) is 2.94. The third kappa shape index (κ3) is 5.75. The van der Waals surface area contributed by atoms with Crippen LogP contribution in [-0.2, 0) is 16.6 Å². The van der Waals surface area contributed by atoms with E-state index in [-0.39, 0.29) is 11.7 Å². The summed E-state index contributed by atoms with van der Waals surface area (Å²) in [4.78, 5) is 19.4. The summed E-state index contributed by atoms with van der Waals surface area (Å²) in [6.07, 6.45) is 0. The predicted octanol–water partition coefficient (Wildman–Crippen LogP) is 3.60. The number of para-hydroxylation sites is 1. The van der Waals surface area contributed by atoms with Gasteiger partial charge in [-0.05, 0) is 48.9 Å². The quantitative estimate of drug-likeness (QED) is 0.482. The van der Waals surface area contributed by atoms with Gasteiger partial charge in [0, 0.05) is 64.5 Å². The van der Waals surface area contributed by atoms with Gasteiger partial charge >= 0.3 is 0 Å². The van der Waals surface area contributed by atoms with Crippen LogP contribution < -0.4 is 4.90 Å². The number of amides is 1. The highest BCUT2D eigenvalue weighted by Crippen LogP contribution is 2.22. The summed E-state index contributed by atoms with van der Waals surface area (Å²) in [5.41, 5.74) is 3.34. The first-order valence-electron chi connectivity index (χ1n) is 13.0. The third-order valence-corrected chi connectivity index (χ3v) is 9.27. The van der Waals surface area contributed by atoms with E-state index in [0.717, 1.165) is 11.1 Å². The van der Waals surface area contributed by atoms with Crippen molar-refractivity contribution in [3.05, 3.63) is 95.3 Å². The van der Waals surface area contributed by atoms with Crippen LogP contribution in [0.5, 0.6) is 0 Å². The van der Waals surface area contributed by atoms with E-state index in [1.165, 1.54) is 6.07 Å². The molecular weight excluding hydrogens is 503 g/mol. The third-order valence-electron chi connectivity index (χ3n) is 7.36. The average molecular weight is 537 g/mol. The minimum Gasteiger partial charge on any atom is -0.366 e. The van der Waals surface area contributed by atoms with Gasteiger partial charge in [0.05, 0.1) is 10.6 Å². The topological polar surface area (TPSA) is 64.2 Å². The van der Waals surface area contributed by atoms with Gasteiger partial charge in [0.1, 0.15) is 5.82 Å². The number of sulfonamides is 1. The van der Waals surface area contributed by atoms with Crippen molar-refractivity contribution in [2.24, 2.45) is 0 Å². The van der Waals surface area contributed by atoms with E-state index in [1.54, 1.807) is 28.6 Å². The van der Waals surface area contributed by atoms with Crippen LogP contribution in [0.1, 0.15) is 21.5 Å². The Balaban J connectivity index is 1.12. The predicted molar refractivity (Wildman–Crippen MR) is 146 cm³/mol. The van der Waals surface area contributed by atoms with Gasteiger partial charge in [0.2, 0.25) is 10.0 Å². The molecule has 0 unspecified atom stereocenters. The number of hydrogen-bond donors (Lipinski definition) is 0. The van der Waals surface area contributed by atoms with E-state index in [0.29, 0.717) is 75.0 Å². The Hall–Kier alpha value is -3.27. The van der Waals surface area contributed by atoms with Crippen LogP contribution in [-0.4, -0.2) is 80.8 Å². The number of hydrogen-bond acceptors (Lipinski definition) is 5. The van der Waals surface area contributed by atoms with Crippen molar-refractivity contribution in [3.8, 4) is 0 Å². The lowest BCUT2D eigenvalue weighted by atomic mass is 10.1. The SMILES string of the molecule is Cc1ccc(S(=O)(=O)N2CCN(Cc3ccc(C(=O)N4CCN(c5ccccc5F)CC4)cc3)CC2)cc1. The molecule has 9 heteroatoms. The van der Waals surface area contributed by atoms with Crippen LogP contribution in [0.3, 0.4) is 0 Å². The van der Waals surface area contributed by atoms with Gasteiger partial charge in [0.25, 0.3) is 5.91 Å². The molecule has 0 aliphatic carbocycles. The zero-order valence-corrected chi connectivity index (χ0v) is 22.4. The Morgan fingerprint density at radius 1 is 0.789 bits per heavy atom. The smallest absolute Gasteiger partial charge is 0.253 e. The number of benzene rings is 3. The highest BCUT2D eigenvalue weighted by Gasteiger charge is 2.28. The van der Waals surface area contributed by atoms with Crippen molar-refractivity contribution in [1.82, 2.24) is 14.1 Å². The van der Waals surface area contributed by atoms with Gasteiger partial charge in [-0.3, -0.25) is 9.69 Å². The van der Waals surface area contributed by atoms with Crippen molar-refractivity contribution < 1.29 is 17.6 Å². The molecule has 0 radical (unpaired) electrons. The van der Waals surface area contributed by atoms with Crippen molar-refractivity contribution in [1.29, 1.82) is 0 Å². The molecule has 7 nitrogen and oxygen atoms in total. The Labute approximate surface area is 224 Å². The van der Waals surface area contributed by atoms with E-state index >= 15 is 0 Å². The maximum atomic E-state index is 14.1. The van der Waals surface area contributed by atoms with Crippen LogP contribution in [0.4, 0.5) is 10.1 Å². The molecule has 2 fully saturated rings. The van der Waals surface area contributed by atoms with Crippen molar-refractivity contribution in [2.45, 2.75) is 18.4 Å². The van der Waals surface area contributed by atoms with Crippen LogP contribution in [0, 0.1) is 12.7 Å². The molecule has 0 aromatic heterocycles. The second kappa shape index (κ2) is 11.2. The first-order chi connectivity index (χ1) is 18.3. The zero-order valence-electron chi connectivity index (χ0n) is 21.6. The highest BCUT2D eigenvalue weighted by molar-refractivity contribution is 7.89. The first-order valence-corrected chi connectivity index (χ1v) is 14.4. The number of piperazine rings is 2. The van der Waals surface area contributed by atoms with Gasteiger partial charge in [-0.2, -0.15) is 4.31 Å². The second-order valence-corrected chi connectivity index (χ2v) is 11.9. The van der Waals surface area contributed by atoms with Gasteiger partial charge in [-0.15, -0.1) is 0 Å². The summed E-state index contributed by atoms with van der Waals surface area (Å²) in [7, 11) is -3.48. The Bertz CT molecular complexity index is 1360. The zero-order chi connectivity index (χ0) is 26.7. The highest BCUT2D eigenvalue weighted by atomic mass is 32.2. The number of halogens is 1. The van der Waals surface area contributed by atoms with Crippen molar-refractivity contribution in [3.63, 3.8) is 0 Å². The Kier molecular flexibility index (Phi) is 7.78. The fourth-order valence-corrected chi connectivity index (χ4v) is 6.46. The van der Waals surface area contributed by atoms with E-state index in [9.17, 15) is 17.6 Å². The summed E-state index contributed by atoms with van der Waals surface area (Å²) in [6, 6.07) is 21.4. The lowest BCUT2D eigenvalue weighted by molar-refractivity contribution is 0.0746. The Morgan fingerprint density at radius 2 is 1.42 bits per heavy atom. The minimum atomic E-state index is -3.48. The number of rotatable bonds is 6. The molecule has 3 aromatic carbocycles. The molecule has 0 N–H and O–H groups in total. The number of nitrogens with zero attached hydrogens (tertiary/aromatic N) is 4. The number of carbonyl (C=O) groups is 1. The lowest BCUT2D eigenvalue weighted by Gasteiger charge is -2.36. The van der Waals surface area contributed by atoms with Gasteiger partial charge < -0.3 is 9.80 Å². The molecule has 2 aliphatic heterocycles. The van der Waals surface area contributed by atoms with Crippen LogP contribution in [0.2, 0.25) is 0 Å². The van der Waals surface area contributed by atoms with E-state index in [4.69, 9.17) is 0 Å². The fraction of sp³-hybridized carbons (Fsp3) is 0.345. The monoisotopic (exact) mass is 536 g/mol. The molecule has 3 aromatic rings. The van der Waals surface area contributed by atoms with E-state index in [2.05, 4.69) is 4.90 Å². The molecule has 5 rings (SSSR count). The minimum absolute atomic E-state index is 0.0142. The number of carbonyl (C=O) groups excluding carboxylic acids is 1. The number of anilines is 1.